The Kier molecular flexibility index (Phi) is 6.41. The molecule has 0 fully saturated rings. The number of pyridine rings is 1. The van der Waals surface area contributed by atoms with Gasteiger partial charge in [0, 0.05) is 60.4 Å². The van der Waals surface area contributed by atoms with Gasteiger partial charge in [-0.25, -0.2) is 9.78 Å². The molecule has 33 heavy (non-hydrogen) atoms. The number of esters is 1. The van der Waals surface area contributed by atoms with E-state index in [1.54, 1.807) is 6.20 Å². The molecular formula is C28H33N3O2. The molecule has 0 bridgehead atoms. The van der Waals surface area contributed by atoms with Gasteiger partial charge in [-0.2, -0.15) is 0 Å². The Labute approximate surface area is 197 Å². The smallest absolute Gasteiger partial charge is 0.358 e. The summed E-state index contributed by atoms with van der Waals surface area (Å²) in [6.45, 7) is 14.4. The number of benzene rings is 2. The fraction of sp³-hybridized carbons (Fsp3) is 0.357. The Morgan fingerprint density at radius 3 is 1.64 bits per heavy atom. The molecule has 5 nitrogen and oxygen atoms in total. The Balaban J connectivity index is 1.90. The maximum atomic E-state index is 13.0. The second-order valence-corrected chi connectivity index (χ2v) is 8.36. The first-order valence-electron chi connectivity index (χ1n) is 11.9. The molecule has 0 aliphatic carbocycles. The van der Waals surface area contributed by atoms with Crippen molar-refractivity contribution in [3.63, 3.8) is 0 Å². The normalized spacial score (nSPS) is 14.0. The fourth-order valence-corrected chi connectivity index (χ4v) is 4.96. The molecule has 0 atom stereocenters. The molecule has 0 N–H and O–H groups in total. The van der Waals surface area contributed by atoms with Crippen LogP contribution in [0.4, 0.5) is 11.4 Å². The largest absolute Gasteiger partial charge is 0.439 e. The standard InChI is InChI=1S/C28H33N3O2/c1-6-30(7-2)23-14-10-21(11-15-23)28(22-12-16-24(17-13-22)31(8-3)9-4)25-20(5)18-19-29-26(25)27(32)33-28/h10-19H,6-9H2,1-5H3. The maximum absolute atomic E-state index is 13.0. The number of aryl methyl sites for hydroxylation is 1. The number of aromatic nitrogens is 1. The van der Waals surface area contributed by atoms with Crippen LogP contribution in [0.1, 0.15) is 60.4 Å². The molecule has 0 saturated carbocycles. The Morgan fingerprint density at radius 1 is 0.758 bits per heavy atom. The predicted molar refractivity (Wildman–Crippen MR) is 134 cm³/mol. The van der Waals surface area contributed by atoms with Crippen molar-refractivity contribution in [2.24, 2.45) is 0 Å². The number of fused-ring (bicyclic) bond motifs is 1. The summed E-state index contributed by atoms with van der Waals surface area (Å²) in [5.41, 5.74) is 5.37. The van der Waals surface area contributed by atoms with Gasteiger partial charge >= 0.3 is 5.97 Å². The molecule has 3 aromatic rings. The second kappa shape index (κ2) is 9.26. The van der Waals surface area contributed by atoms with Crippen molar-refractivity contribution in [3.05, 3.63) is 88.7 Å². The average molecular weight is 444 g/mol. The van der Waals surface area contributed by atoms with Gasteiger partial charge in [0.15, 0.2) is 11.3 Å². The lowest BCUT2D eigenvalue weighted by Gasteiger charge is -2.32. The van der Waals surface area contributed by atoms with Crippen molar-refractivity contribution >= 4 is 17.3 Å². The quantitative estimate of drug-likeness (QED) is 0.428. The van der Waals surface area contributed by atoms with E-state index in [-0.39, 0.29) is 5.97 Å². The summed E-state index contributed by atoms with van der Waals surface area (Å²) < 4.78 is 6.25. The van der Waals surface area contributed by atoms with E-state index in [4.69, 9.17) is 4.74 Å². The summed E-state index contributed by atoms with van der Waals surface area (Å²) in [4.78, 5) is 22.0. The average Bonchev–Trinajstić information content (AvgIpc) is 3.16. The molecule has 0 amide bonds. The minimum absolute atomic E-state index is 0.380. The van der Waals surface area contributed by atoms with E-state index in [0.717, 1.165) is 59.8 Å². The van der Waals surface area contributed by atoms with E-state index < -0.39 is 5.60 Å². The van der Waals surface area contributed by atoms with Crippen LogP contribution in [0.2, 0.25) is 0 Å². The van der Waals surface area contributed by atoms with Crippen LogP contribution < -0.4 is 9.80 Å². The number of anilines is 2. The highest BCUT2D eigenvalue weighted by Gasteiger charge is 2.50. The molecule has 5 heteroatoms. The van der Waals surface area contributed by atoms with Gasteiger partial charge in [0.25, 0.3) is 0 Å². The van der Waals surface area contributed by atoms with Crippen molar-refractivity contribution in [3.8, 4) is 0 Å². The zero-order chi connectivity index (χ0) is 23.6. The maximum Gasteiger partial charge on any atom is 0.358 e. The number of hydrogen-bond donors (Lipinski definition) is 0. The first-order chi connectivity index (χ1) is 16.0. The van der Waals surface area contributed by atoms with Crippen LogP contribution in [0.25, 0.3) is 0 Å². The number of hydrogen-bond acceptors (Lipinski definition) is 5. The number of rotatable bonds is 8. The summed E-state index contributed by atoms with van der Waals surface area (Å²) in [6.07, 6.45) is 1.68. The zero-order valence-electron chi connectivity index (χ0n) is 20.3. The van der Waals surface area contributed by atoms with Crippen LogP contribution in [0.3, 0.4) is 0 Å². The van der Waals surface area contributed by atoms with Gasteiger partial charge in [-0.3, -0.25) is 0 Å². The molecule has 0 spiro atoms. The monoisotopic (exact) mass is 443 g/mol. The molecule has 0 saturated heterocycles. The van der Waals surface area contributed by atoms with Gasteiger partial charge in [-0.15, -0.1) is 0 Å². The zero-order valence-corrected chi connectivity index (χ0v) is 20.3. The number of carbonyl (C=O) groups is 1. The molecule has 1 aromatic heterocycles. The van der Waals surface area contributed by atoms with E-state index in [1.165, 1.54) is 0 Å². The Morgan fingerprint density at radius 2 is 1.21 bits per heavy atom. The van der Waals surface area contributed by atoms with Crippen molar-refractivity contribution in [2.75, 3.05) is 36.0 Å². The van der Waals surface area contributed by atoms with Crippen molar-refractivity contribution in [1.29, 1.82) is 0 Å². The van der Waals surface area contributed by atoms with Gasteiger partial charge in [0.2, 0.25) is 0 Å². The Bertz CT molecular complexity index is 1060. The number of nitrogens with zero attached hydrogens (tertiary/aromatic N) is 3. The van der Waals surface area contributed by atoms with Crippen LogP contribution in [-0.4, -0.2) is 37.1 Å². The lowest BCUT2D eigenvalue weighted by molar-refractivity contribution is 0.0248. The SMILES string of the molecule is CCN(CC)c1ccc(C2(c3ccc(N(CC)CC)cc3)OC(=O)c3nccc(C)c32)cc1. The van der Waals surface area contributed by atoms with E-state index in [9.17, 15) is 4.79 Å². The molecule has 1 aliphatic heterocycles. The summed E-state index contributed by atoms with van der Waals surface area (Å²) in [6, 6.07) is 18.8. The molecule has 1 aliphatic rings. The van der Waals surface area contributed by atoms with Gasteiger partial charge < -0.3 is 14.5 Å². The lowest BCUT2D eigenvalue weighted by atomic mass is 9.79. The van der Waals surface area contributed by atoms with Crippen LogP contribution in [0.15, 0.2) is 60.8 Å². The number of ether oxygens (including phenoxy) is 1. The van der Waals surface area contributed by atoms with Crippen molar-refractivity contribution in [1.82, 2.24) is 4.98 Å². The number of carbonyl (C=O) groups excluding carboxylic acids is 1. The lowest BCUT2D eigenvalue weighted by Crippen LogP contribution is -2.31. The second-order valence-electron chi connectivity index (χ2n) is 8.36. The highest BCUT2D eigenvalue weighted by atomic mass is 16.6. The molecule has 2 heterocycles. The highest BCUT2D eigenvalue weighted by molar-refractivity contribution is 5.95. The van der Waals surface area contributed by atoms with Crippen LogP contribution in [-0.2, 0) is 10.3 Å². The third kappa shape index (κ3) is 3.75. The summed E-state index contributed by atoms with van der Waals surface area (Å²) in [5, 5.41) is 0. The van der Waals surface area contributed by atoms with Gasteiger partial charge in [0.05, 0.1) is 0 Å². The minimum atomic E-state index is -1.02. The third-order valence-corrected chi connectivity index (χ3v) is 6.76. The van der Waals surface area contributed by atoms with E-state index in [0.29, 0.717) is 5.69 Å². The van der Waals surface area contributed by atoms with Crippen molar-refractivity contribution in [2.45, 2.75) is 40.2 Å². The fourth-order valence-electron chi connectivity index (χ4n) is 4.96. The molecular weight excluding hydrogens is 410 g/mol. The van der Waals surface area contributed by atoms with Gasteiger partial charge in [-0.1, -0.05) is 24.3 Å². The number of cyclic esters (lactones) is 1. The summed E-state index contributed by atoms with van der Waals surface area (Å²) in [5.74, 6) is -0.380. The molecule has 2 aromatic carbocycles. The van der Waals surface area contributed by atoms with Gasteiger partial charge in [0.1, 0.15) is 0 Å². The van der Waals surface area contributed by atoms with E-state index >= 15 is 0 Å². The molecule has 0 radical (unpaired) electrons. The van der Waals surface area contributed by atoms with Crippen LogP contribution >= 0.6 is 0 Å². The van der Waals surface area contributed by atoms with Crippen LogP contribution in [0.5, 0.6) is 0 Å². The van der Waals surface area contributed by atoms with Crippen LogP contribution in [0, 0.1) is 6.92 Å². The van der Waals surface area contributed by atoms with E-state index in [1.807, 2.05) is 13.0 Å². The first-order valence-corrected chi connectivity index (χ1v) is 11.9. The molecule has 0 unspecified atom stereocenters. The topological polar surface area (TPSA) is 45.7 Å². The van der Waals surface area contributed by atoms with E-state index in [2.05, 4.69) is 91.0 Å². The predicted octanol–water partition coefficient (Wildman–Crippen LogP) is 5.54. The van der Waals surface area contributed by atoms with Gasteiger partial charge in [-0.05, 0) is 70.5 Å². The summed E-state index contributed by atoms with van der Waals surface area (Å²) >= 11 is 0. The first kappa shape index (κ1) is 22.8. The summed E-state index contributed by atoms with van der Waals surface area (Å²) in [7, 11) is 0. The molecule has 172 valence electrons. The third-order valence-electron chi connectivity index (χ3n) is 6.76. The highest BCUT2D eigenvalue weighted by Crippen LogP contribution is 2.48. The Hall–Kier alpha value is -3.34. The minimum Gasteiger partial charge on any atom is -0.439 e. The molecule has 4 rings (SSSR count). The van der Waals surface area contributed by atoms with Crippen molar-refractivity contribution < 1.29 is 9.53 Å².